The predicted molar refractivity (Wildman–Crippen MR) is 77.5 cm³/mol. The zero-order valence-corrected chi connectivity index (χ0v) is 12.8. The van der Waals surface area contributed by atoms with Crippen LogP contribution in [0.1, 0.15) is 63.9 Å². The average Bonchev–Trinajstić information content (AvgIpc) is 2.73. The topological polar surface area (TPSA) is 45.8 Å². The molecular formula is C13H19IN2O. The summed E-state index contributed by atoms with van der Waals surface area (Å²) in [7, 11) is 0. The molecule has 1 N–H and O–H groups in total. The molecule has 3 nitrogen and oxygen atoms in total. The van der Waals surface area contributed by atoms with Crippen LogP contribution in [0.5, 0.6) is 0 Å². The van der Waals surface area contributed by atoms with Gasteiger partial charge in [-0.05, 0) is 35.4 Å². The van der Waals surface area contributed by atoms with Crippen LogP contribution in [0.3, 0.4) is 0 Å². The molecule has 1 aliphatic carbocycles. The van der Waals surface area contributed by atoms with Gasteiger partial charge in [-0.1, -0.05) is 33.6 Å². The number of halogens is 1. The van der Waals surface area contributed by atoms with Crippen LogP contribution < -0.4 is 5.56 Å². The second-order valence-corrected chi connectivity index (χ2v) is 6.92. The largest absolute Gasteiger partial charge is 0.309 e. The van der Waals surface area contributed by atoms with E-state index in [1.54, 1.807) is 0 Å². The minimum absolute atomic E-state index is 0.0208. The molecule has 1 heterocycles. The van der Waals surface area contributed by atoms with Gasteiger partial charge in [0.2, 0.25) is 0 Å². The molecule has 0 aromatic carbocycles. The van der Waals surface area contributed by atoms with Gasteiger partial charge < -0.3 is 4.98 Å². The lowest BCUT2D eigenvalue weighted by Crippen LogP contribution is -2.26. The van der Waals surface area contributed by atoms with E-state index in [2.05, 4.69) is 48.3 Å². The Morgan fingerprint density at radius 1 is 1.29 bits per heavy atom. The van der Waals surface area contributed by atoms with E-state index in [1.807, 2.05) is 0 Å². The second kappa shape index (κ2) is 4.71. The summed E-state index contributed by atoms with van der Waals surface area (Å²) in [6.45, 7) is 6.24. The summed E-state index contributed by atoms with van der Waals surface area (Å²) in [4.78, 5) is 19.6. The van der Waals surface area contributed by atoms with E-state index in [4.69, 9.17) is 4.98 Å². The minimum Gasteiger partial charge on any atom is -0.309 e. The van der Waals surface area contributed by atoms with Crippen molar-refractivity contribution in [3.63, 3.8) is 0 Å². The van der Waals surface area contributed by atoms with Crippen LogP contribution in [0.15, 0.2) is 4.79 Å². The number of aromatic nitrogens is 2. The van der Waals surface area contributed by atoms with E-state index < -0.39 is 0 Å². The summed E-state index contributed by atoms with van der Waals surface area (Å²) in [6.07, 6.45) is 4.88. The van der Waals surface area contributed by atoms with Gasteiger partial charge >= 0.3 is 0 Å². The van der Waals surface area contributed by atoms with Gasteiger partial charge in [0.25, 0.3) is 5.56 Å². The van der Waals surface area contributed by atoms with E-state index in [9.17, 15) is 4.79 Å². The molecule has 0 spiro atoms. The van der Waals surface area contributed by atoms with E-state index >= 15 is 0 Å². The third kappa shape index (κ3) is 2.72. The summed E-state index contributed by atoms with van der Waals surface area (Å²) >= 11 is 2.13. The Morgan fingerprint density at radius 2 is 1.88 bits per heavy atom. The first-order valence-corrected chi connectivity index (χ1v) is 7.27. The molecule has 17 heavy (non-hydrogen) atoms. The molecule has 1 aliphatic rings. The molecule has 4 heteroatoms. The standard InChI is InChI=1S/C13H19IN2O/c1-13(2,3)12-15-10(8-6-4-5-7-8)9(14)11(17)16-12/h8H,4-7H2,1-3H3,(H,15,16,17). The Kier molecular flexibility index (Phi) is 3.61. The molecular weight excluding hydrogens is 327 g/mol. The average molecular weight is 346 g/mol. The lowest BCUT2D eigenvalue weighted by Gasteiger charge is -2.20. The van der Waals surface area contributed by atoms with Gasteiger partial charge in [-0.15, -0.1) is 0 Å². The fourth-order valence-electron chi connectivity index (χ4n) is 2.30. The number of nitrogens with zero attached hydrogens (tertiary/aromatic N) is 1. The van der Waals surface area contributed by atoms with Gasteiger partial charge in [0.15, 0.2) is 0 Å². The van der Waals surface area contributed by atoms with Crippen molar-refractivity contribution in [3.8, 4) is 0 Å². The number of hydrogen-bond acceptors (Lipinski definition) is 2. The number of nitrogens with one attached hydrogen (secondary N) is 1. The molecule has 1 fully saturated rings. The Morgan fingerprint density at radius 3 is 2.41 bits per heavy atom. The second-order valence-electron chi connectivity index (χ2n) is 5.85. The van der Waals surface area contributed by atoms with Crippen LogP contribution in [0, 0.1) is 3.57 Å². The molecule has 0 saturated heterocycles. The first kappa shape index (κ1) is 13.1. The Balaban J connectivity index is 2.50. The van der Waals surface area contributed by atoms with Gasteiger partial charge in [-0.3, -0.25) is 4.79 Å². The molecule has 1 saturated carbocycles. The highest BCUT2D eigenvalue weighted by Crippen LogP contribution is 2.34. The van der Waals surface area contributed by atoms with Crippen molar-refractivity contribution in [2.45, 2.75) is 57.8 Å². The van der Waals surface area contributed by atoms with Crippen molar-refractivity contribution < 1.29 is 0 Å². The first-order valence-electron chi connectivity index (χ1n) is 6.20. The first-order chi connectivity index (χ1) is 7.89. The normalized spacial score (nSPS) is 17.6. The lowest BCUT2D eigenvalue weighted by molar-refractivity contribution is 0.530. The van der Waals surface area contributed by atoms with Crippen LogP contribution >= 0.6 is 22.6 Å². The molecule has 0 atom stereocenters. The van der Waals surface area contributed by atoms with Gasteiger partial charge in [-0.25, -0.2) is 4.98 Å². The van der Waals surface area contributed by atoms with Crippen molar-refractivity contribution in [2.75, 3.05) is 0 Å². The van der Waals surface area contributed by atoms with Crippen LogP contribution in [-0.4, -0.2) is 9.97 Å². The molecule has 0 bridgehead atoms. The van der Waals surface area contributed by atoms with Crippen LogP contribution in [0.2, 0.25) is 0 Å². The van der Waals surface area contributed by atoms with Gasteiger partial charge in [-0.2, -0.15) is 0 Å². The fourth-order valence-corrected chi connectivity index (χ4v) is 3.00. The molecule has 2 rings (SSSR count). The number of rotatable bonds is 1. The van der Waals surface area contributed by atoms with Crippen molar-refractivity contribution in [1.29, 1.82) is 0 Å². The van der Waals surface area contributed by atoms with E-state index in [0.717, 1.165) is 15.1 Å². The van der Waals surface area contributed by atoms with Crippen molar-refractivity contribution in [2.24, 2.45) is 0 Å². The van der Waals surface area contributed by atoms with Crippen LogP contribution in [0.25, 0.3) is 0 Å². The highest BCUT2D eigenvalue weighted by atomic mass is 127. The Hall–Kier alpha value is -0.390. The van der Waals surface area contributed by atoms with Crippen molar-refractivity contribution in [3.05, 3.63) is 25.4 Å². The van der Waals surface area contributed by atoms with E-state index in [1.165, 1.54) is 25.7 Å². The maximum absolute atomic E-state index is 12.0. The smallest absolute Gasteiger partial charge is 0.264 e. The molecule has 0 radical (unpaired) electrons. The van der Waals surface area contributed by atoms with Gasteiger partial charge in [0.05, 0.1) is 9.26 Å². The molecule has 1 aromatic rings. The Labute approximate surface area is 116 Å². The maximum atomic E-state index is 12.0. The summed E-state index contributed by atoms with van der Waals surface area (Å²) < 4.78 is 0.780. The summed E-state index contributed by atoms with van der Waals surface area (Å²) in [5.74, 6) is 1.30. The number of H-pyrrole nitrogens is 1. The molecule has 0 amide bonds. The maximum Gasteiger partial charge on any atom is 0.264 e. The highest BCUT2D eigenvalue weighted by molar-refractivity contribution is 14.1. The number of hydrogen-bond donors (Lipinski definition) is 1. The van der Waals surface area contributed by atoms with Gasteiger partial charge in [0, 0.05) is 11.3 Å². The lowest BCUT2D eigenvalue weighted by atomic mass is 9.95. The quantitative estimate of drug-likeness (QED) is 0.793. The third-order valence-electron chi connectivity index (χ3n) is 3.34. The summed E-state index contributed by atoms with van der Waals surface area (Å²) in [6, 6.07) is 0. The molecule has 1 aromatic heterocycles. The SMILES string of the molecule is CC(C)(C)c1nc(C2CCCC2)c(I)c(=O)[nH]1. The molecule has 0 aliphatic heterocycles. The highest BCUT2D eigenvalue weighted by Gasteiger charge is 2.25. The zero-order chi connectivity index (χ0) is 12.6. The van der Waals surface area contributed by atoms with Crippen molar-refractivity contribution >= 4 is 22.6 Å². The molecule has 0 unspecified atom stereocenters. The van der Waals surface area contributed by atoms with E-state index in [-0.39, 0.29) is 11.0 Å². The monoisotopic (exact) mass is 346 g/mol. The molecule has 94 valence electrons. The van der Waals surface area contributed by atoms with Gasteiger partial charge in [0.1, 0.15) is 5.82 Å². The van der Waals surface area contributed by atoms with E-state index in [0.29, 0.717) is 5.92 Å². The minimum atomic E-state index is -0.100. The summed E-state index contributed by atoms with van der Waals surface area (Å²) in [5.41, 5.74) is 0.945. The number of aromatic amines is 1. The van der Waals surface area contributed by atoms with Crippen LogP contribution in [0.4, 0.5) is 0 Å². The fraction of sp³-hybridized carbons (Fsp3) is 0.692. The van der Waals surface area contributed by atoms with Crippen molar-refractivity contribution in [1.82, 2.24) is 9.97 Å². The third-order valence-corrected chi connectivity index (χ3v) is 4.38. The summed E-state index contributed by atoms with van der Waals surface area (Å²) in [5, 5.41) is 0. The van der Waals surface area contributed by atoms with Crippen LogP contribution in [-0.2, 0) is 5.41 Å². The zero-order valence-electron chi connectivity index (χ0n) is 10.6. The Bertz CT molecular complexity index is 467. The predicted octanol–water partition coefficient (Wildman–Crippen LogP) is 3.33.